The minimum Gasteiger partial charge on any atom is -0.314 e. The summed E-state index contributed by atoms with van der Waals surface area (Å²) in [6.45, 7) is 5.92. The Kier molecular flexibility index (Phi) is 3.47. The van der Waals surface area contributed by atoms with Crippen molar-refractivity contribution in [1.82, 2.24) is 5.32 Å². The van der Waals surface area contributed by atoms with E-state index in [1.54, 1.807) is 25.7 Å². The van der Waals surface area contributed by atoms with E-state index in [4.69, 9.17) is 0 Å². The summed E-state index contributed by atoms with van der Waals surface area (Å²) in [5.74, 6) is 5.27. The van der Waals surface area contributed by atoms with Crippen LogP contribution in [0.2, 0.25) is 0 Å². The van der Waals surface area contributed by atoms with E-state index in [1.165, 1.54) is 19.3 Å². The van der Waals surface area contributed by atoms with Crippen LogP contribution >= 0.6 is 0 Å². The molecule has 0 amide bonds. The molecule has 0 spiro atoms. The quantitative estimate of drug-likeness (QED) is 0.737. The van der Waals surface area contributed by atoms with Crippen molar-refractivity contribution in [1.29, 1.82) is 0 Å². The van der Waals surface area contributed by atoms with Gasteiger partial charge in [-0.1, -0.05) is 20.3 Å². The fourth-order valence-electron chi connectivity index (χ4n) is 4.69. The van der Waals surface area contributed by atoms with E-state index in [0.717, 1.165) is 42.2 Å². The predicted molar refractivity (Wildman–Crippen MR) is 72.9 cm³/mol. The van der Waals surface area contributed by atoms with Crippen molar-refractivity contribution in [2.45, 2.75) is 64.8 Å². The molecule has 3 fully saturated rings. The molecule has 0 heterocycles. The highest BCUT2D eigenvalue weighted by Crippen LogP contribution is 2.51. The number of fused-ring (bicyclic) bond motifs is 2. The molecule has 5 unspecified atom stereocenters. The summed E-state index contributed by atoms with van der Waals surface area (Å²) in [7, 11) is 0. The Labute approximate surface area is 107 Å². The first-order chi connectivity index (χ1) is 8.28. The van der Waals surface area contributed by atoms with Crippen molar-refractivity contribution < 1.29 is 0 Å². The number of hydrogen-bond acceptors (Lipinski definition) is 1. The highest BCUT2D eigenvalue weighted by atomic mass is 14.9. The second kappa shape index (κ2) is 4.91. The lowest BCUT2D eigenvalue weighted by atomic mass is 9.80. The zero-order chi connectivity index (χ0) is 11.8. The fraction of sp³-hybridized carbons (Fsp3) is 1.00. The van der Waals surface area contributed by atoms with Crippen molar-refractivity contribution in [3.63, 3.8) is 0 Å². The minimum atomic E-state index is 0.817. The lowest BCUT2D eigenvalue weighted by molar-refractivity contribution is 0.233. The maximum absolute atomic E-state index is 3.79. The summed E-state index contributed by atoms with van der Waals surface area (Å²) in [5, 5.41) is 3.79. The summed E-state index contributed by atoms with van der Waals surface area (Å²) in [6.07, 6.45) is 10.7. The highest BCUT2D eigenvalue weighted by molar-refractivity contribution is 4.94. The number of hydrogen-bond donors (Lipinski definition) is 1. The molecule has 0 aromatic carbocycles. The van der Waals surface area contributed by atoms with Crippen LogP contribution in [-0.2, 0) is 0 Å². The van der Waals surface area contributed by atoms with Crippen molar-refractivity contribution in [3.05, 3.63) is 0 Å². The molecule has 0 radical (unpaired) electrons. The van der Waals surface area contributed by atoms with Crippen molar-refractivity contribution in [2.75, 3.05) is 6.54 Å². The average Bonchev–Trinajstić information content (AvgIpc) is 2.98. The molecule has 98 valence electrons. The molecule has 1 heteroatoms. The van der Waals surface area contributed by atoms with Gasteiger partial charge in [0.1, 0.15) is 0 Å². The van der Waals surface area contributed by atoms with Gasteiger partial charge in [0.25, 0.3) is 0 Å². The highest BCUT2D eigenvalue weighted by Gasteiger charge is 2.42. The SMILES string of the molecule is CCNC(CC1CC2CCC1C2)C(C)C1CC1. The standard InChI is InChI=1S/C16H29N/c1-3-17-16(11(2)13-6-7-13)10-15-9-12-4-5-14(15)8-12/h11-17H,3-10H2,1-2H3. The first-order valence-electron chi connectivity index (χ1n) is 8.01. The summed E-state index contributed by atoms with van der Waals surface area (Å²) in [6, 6.07) is 0.817. The lowest BCUT2D eigenvalue weighted by Gasteiger charge is -2.31. The number of nitrogens with one attached hydrogen (secondary N) is 1. The van der Waals surface area contributed by atoms with Gasteiger partial charge in [0.15, 0.2) is 0 Å². The third-order valence-electron chi connectivity index (χ3n) is 5.91. The van der Waals surface area contributed by atoms with Crippen LogP contribution in [0, 0.1) is 29.6 Å². The van der Waals surface area contributed by atoms with Gasteiger partial charge in [-0.15, -0.1) is 0 Å². The third kappa shape index (κ3) is 2.54. The molecule has 17 heavy (non-hydrogen) atoms. The van der Waals surface area contributed by atoms with E-state index in [0.29, 0.717) is 0 Å². The molecule has 0 saturated heterocycles. The van der Waals surface area contributed by atoms with E-state index < -0.39 is 0 Å². The second-order valence-corrected chi connectivity index (χ2v) is 7.03. The fourth-order valence-corrected chi connectivity index (χ4v) is 4.69. The summed E-state index contributed by atoms with van der Waals surface area (Å²) in [5.41, 5.74) is 0. The van der Waals surface area contributed by atoms with E-state index >= 15 is 0 Å². The lowest BCUT2D eigenvalue weighted by Crippen LogP contribution is -2.38. The molecule has 1 N–H and O–H groups in total. The Hall–Kier alpha value is -0.0400. The molecule has 2 bridgehead atoms. The van der Waals surface area contributed by atoms with Gasteiger partial charge in [-0.25, -0.2) is 0 Å². The third-order valence-corrected chi connectivity index (χ3v) is 5.91. The zero-order valence-corrected chi connectivity index (χ0v) is 11.6. The second-order valence-electron chi connectivity index (χ2n) is 7.03. The van der Waals surface area contributed by atoms with Crippen molar-refractivity contribution >= 4 is 0 Å². The maximum atomic E-state index is 3.79. The molecule has 1 nitrogen and oxygen atoms in total. The van der Waals surface area contributed by atoms with Gasteiger partial charge in [0.05, 0.1) is 0 Å². The summed E-state index contributed by atoms with van der Waals surface area (Å²) in [4.78, 5) is 0. The molecule has 5 atom stereocenters. The van der Waals surface area contributed by atoms with Crippen molar-refractivity contribution in [3.8, 4) is 0 Å². The molecule has 3 aliphatic rings. The Morgan fingerprint density at radius 3 is 2.47 bits per heavy atom. The van der Waals surface area contributed by atoms with Crippen LogP contribution in [-0.4, -0.2) is 12.6 Å². The Balaban J connectivity index is 1.56. The molecule has 0 aliphatic heterocycles. The van der Waals surface area contributed by atoms with Crippen molar-refractivity contribution in [2.24, 2.45) is 29.6 Å². The van der Waals surface area contributed by atoms with Crippen LogP contribution in [0.3, 0.4) is 0 Å². The van der Waals surface area contributed by atoms with Crippen LogP contribution < -0.4 is 5.32 Å². The van der Waals surface area contributed by atoms with E-state index in [1.807, 2.05) is 0 Å². The van der Waals surface area contributed by atoms with Gasteiger partial charge in [-0.2, -0.15) is 0 Å². The molecular formula is C16H29N. The molecule has 3 saturated carbocycles. The number of rotatable bonds is 6. The smallest absolute Gasteiger partial charge is 0.00979 e. The van der Waals surface area contributed by atoms with Crippen LogP contribution in [0.25, 0.3) is 0 Å². The largest absolute Gasteiger partial charge is 0.314 e. The average molecular weight is 235 g/mol. The Morgan fingerprint density at radius 1 is 1.12 bits per heavy atom. The van der Waals surface area contributed by atoms with Gasteiger partial charge >= 0.3 is 0 Å². The first-order valence-corrected chi connectivity index (χ1v) is 8.01. The van der Waals surface area contributed by atoms with Crippen LogP contribution in [0.4, 0.5) is 0 Å². The molecule has 3 aliphatic carbocycles. The van der Waals surface area contributed by atoms with E-state index in [2.05, 4.69) is 19.2 Å². The molecular weight excluding hydrogens is 206 g/mol. The van der Waals surface area contributed by atoms with Gasteiger partial charge < -0.3 is 5.32 Å². The normalized spacial score (nSPS) is 39.5. The van der Waals surface area contributed by atoms with E-state index in [-0.39, 0.29) is 0 Å². The monoisotopic (exact) mass is 235 g/mol. The zero-order valence-electron chi connectivity index (χ0n) is 11.6. The van der Waals surface area contributed by atoms with Crippen LogP contribution in [0.15, 0.2) is 0 Å². The minimum absolute atomic E-state index is 0.817. The van der Waals surface area contributed by atoms with Gasteiger partial charge in [0, 0.05) is 6.04 Å². The summed E-state index contributed by atoms with van der Waals surface area (Å²) >= 11 is 0. The first kappa shape index (κ1) is 12.0. The van der Waals surface area contributed by atoms with E-state index in [9.17, 15) is 0 Å². The predicted octanol–water partition coefficient (Wildman–Crippen LogP) is 3.84. The van der Waals surface area contributed by atoms with Gasteiger partial charge in [-0.3, -0.25) is 0 Å². The van der Waals surface area contributed by atoms with Gasteiger partial charge in [0.2, 0.25) is 0 Å². The summed E-state index contributed by atoms with van der Waals surface area (Å²) < 4.78 is 0. The Bertz CT molecular complexity index is 258. The van der Waals surface area contributed by atoms with Crippen LogP contribution in [0.1, 0.15) is 58.8 Å². The van der Waals surface area contributed by atoms with Gasteiger partial charge in [-0.05, 0) is 74.7 Å². The Morgan fingerprint density at radius 2 is 1.94 bits per heavy atom. The van der Waals surface area contributed by atoms with Crippen LogP contribution in [0.5, 0.6) is 0 Å². The molecule has 0 aromatic heterocycles. The molecule has 3 rings (SSSR count). The topological polar surface area (TPSA) is 12.0 Å². The molecule has 0 aromatic rings. The maximum Gasteiger partial charge on any atom is 0.00979 e.